The van der Waals surface area contributed by atoms with E-state index in [9.17, 15) is 4.79 Å². The molecule has 1 saturated heterocycles. The highest BCUT2D eigenvalue weighted by molar-refractivity contribution is 5.80. The number of carbonyl (C=O) groups is 1. The van der Waals surface area contributed by atoms with E-state index in [4.69, 9.17) is 9.57 Å². The van der Waals surface area contributed by atoms with E-state index < -0.39 is 0 Å². The van der Waals surface area contributed by atoms with Gasteiger partial charge in [0.05, 0.1) is 13.2 Å². The van der Waals surface area contributed by atoms with Crippen LogP contribution in [0.25, 0.3) is 0 Å². The molecule has 0 aromatic carbocycles. The number of amides is 1. The van der Waals surface area contributed by atoms with E-state index in [1.165, 1.54) is 10.6 Å². The summed E-state index contributed by atoms with van der Waals surface area (Å²) in [7, 11) is 1.56. The van der Waals surface area contributed by atoms with E-state index in [-0.39, 0.29) is 12.0 Å². The van der Waals surface area contributed by atoms with Gasteiger partial charge in [0, 0.05) is 7.11 Å². The number of rotatable bonds is 1. The Kier molecular flexibility index (Phi) is 2.33. The molecule has 4 nitrogen and oxygen atoms in total. The van der Waals surface area contributed by atoms with Crippen molar-refractivity contribution in [2.45, 2.75) is 18.9 Å². The number of carbonyl (C=O) groups excluding carboxylic acids is 1. The van der Waals surface area contributed by atoms with Crippen molar-refractivity contribution in [3.05, 3.63) is 11.6 Å². The summed E-state index contributed by atoms with van der Waals surface area (Å²) in [6.07, 6.45) is 3.41. The van der Waals surface area contributed by atoms with Gasteiger partial charge in [-0.2, -0.15) is 0 Å². The first kappa shape index (κ1) is 8.72. The molecule has 2 aliphatic heterocycles. The van der Waals surface area contributed by atoms with Gasteiger partial charge in [0.1, 0.15) is 6.10 Å². The van der Waals surface area contributed by atoms with Crippen LogP contribution in [0, 0.1) is 0 Å². The molecule has 2 rings (SSSR count). The summed E-state index contributed by atoms with van der Waals surface area (Å²) in [5.41, 5.74) is 1.28. The van der Waals surface area contributed by atoms with Crippen molar-refractivity contribution < 1.29 is 14.4 Å². The zero-order chi connectivity index (χ0) is 9.26. The maximum atomic E-state index is 11.6. The minimum absolute atomic E-state index is 0.0504. The molecule has 1 amide bonds. The smallest absolute Gasteiger partial charge is 0.275 e. The van der Waals surface area contributed by atoms with Gasteiger partial charge in [-0.3, -0.25) is 9.63 Å². The van der Waals surface area contributed by atoms with E-state index >= 15 is 0 Å². The molecule has 2 heterocycles. The van der Waals surface area contributed by atoms with Gasteiger partial charge < -0.3 is 4.74 Å². The lowest BCUT2D eigenvalue weighted by atomic mass is 10.1. The van der Waals surface area contributed by atoms with Crippen LogP contribution in [-0.2, 0) is 14.4 Å². The van der Waals surface area contributed by atoms with Gasteiger partial charge in [-0.25, -0.2) is 5.06 Å². The van der Waals surface area contributed by atoms with Gasteiger partial charge in [-0.15, -0.1) is 0 Å². The lowest BCUT2D eigenvalue weighted by Crippen LogP contribution is -2.40. The molecule has 0 aromatic rings. The molecule has 0 saturated carbocycles. The summed E-state index contributed by atoms with van der Waals surface area (Å²) < 4.78 is 5.09. The van der Waals surface area contributed by atoms with Crippen LogP contribution in [0.4, 0.5) is 0 Å². The molecule has 1 fully saturated rings. The van der Waals surface area contributed by atoms with Crippen LogP contribution >= 0.6 is 0 Å². The van der Waals surface area contributed by atoms with Crippen LogP contribution in [0.15, 0.2) is 11.6 Å². The van der Waals surface area contributed by atoms with Crippen molar-refractivity contribution in [3.63, 3.8) is 0 Å². The average Bonchev–Trinajstić information content (AvgIpc) is 2.27. The van der Waals surface area contributed by atoms with Gasteiger partial charge in [0.25, 0.3) is 5.91 Å². The molecular weight excluding hydrogens is 170 g/mol. The fourth-order valence-corrected chi connectivity index (χ4v) is 1.68. The topological polar surface area (TPSA) is 38.8 Å². The molecule has 2 bridgehead atoms. The second-order valence-electron chi connectivity index (χ2n) is 3.30. The van der Waals surface area contributed by atoms with Crippen LogP contribution < -0.4 is 0 Å². The Labute approximate surface area is 77.1 Å². The van der Waals surface area contributed by atoms with Crippen molar-refractivity contribution in [3.8, 4) is 0 Å². The SMILES string of the molecule is COC1CCC2=CCON(C2)C1=O. The third-order valence-electron chi connectivity index (χ3n) is 2.48. The first-order valence-electron chi connectivity index (χ1n) is 4.46. The Hall–Kier alpha value is -0.870. The van der Waals surface area contributed by atoms with Gasteiger partial charge in [0.2, 0.25) is 0 Å². The molecule has 0 aliphatic carbocycles. The van der Waals surface area contributed by atoms with Crippen molar-refractivity contribution >= 4 is 5.91 Å². The Morgan fingerprint density at radius 1 is 1.69 bits per heavy atom. The van der Waals surface area contributed by atoms with Crippen LogP contribution in [0.3, 0.4) is 0 Å². The lowest BCUT2D eigenvalue weighted by molar-refractivity contribution is -0.190. The van der Waals surface area contributed by atoms with Gasteiger partial charge in [0.15, 0.2) is 0 Å². The first-order chi connectivity index (χ1) is 6.31. The molecule has 0 aromatic heterocycles. The van der Waals surface area contributed by atoms with Crippen molar-refractivity contribution in [1.82, 2.24) is 5.06 Å². The number of methoxy groups -OCH3 is 1. The summed E-state index contributed by atoms with van der Waals surface area (Å²) in [6, 6.07) is 0. The number of nitrogens with zero attached hydrogens (tertiary/aromatic N) is 1. The predicted molar refractivity (Wildman–Crippen MR) is 45.8 cm³/mol. The van der Waals surface area contributed by atoms with E-state index in [1.54, 1.807) is 7.11 Å². The minimum Gasteiger partial charge on any atom is -0.372 e. The molecule has 2 aliphatic rings. The largest absolute Gasteiger partial charge is 0.372 e. The summed E-state index contributed by atoms with van der Waals surface area (Å²) in [5, 5.41) is 1.41. The van der Waals surface area contributed by atoms with Crippen LogP contribution in [-0.4, -0.2) is 37.3 Å². The average molecular weight is 183 g/mol. The Bertz CT molecular complexity index is 249. The fourth-order valence-electron chi connectivity index (χ4n) is 1.68. The number of hydrogen-bond acceptors (Lipinski definition) is 3. The monoisotopic (exact) mass is 183 g/mol. The number of hydroxylamine groups is 2. The Morgan fingerprint density at radius 2 is 2.54 bits per heavy atom. The summed E-state index contributed by atoms with van der Waals surface area (Å²) in [4.78, 5) is 16.8. The quantitative estimate of drug-likeness (QED) is 0.555. The Morgan fingerprint density at radius 3 is 3.31 bits per heavy atom. The normalized spacial score (nSPS) is 28.4. The van der Waals surface area contributed by atoms with Crippen molar-refractivity contribution in [2.75, 3.05) is 20.3 Å². The standard InChI is InChI=1S/C9H13NO3/c1-12-8-3-2-7-4-5-13-10(6-7)9(8)11/h4,8H,2-3,5-6H2,1H3. The second kappa shape index (κ2) is 3.47. The van der Waals surface area contributed by atoms with E-state index in [1.807, 2.05) is 6.08 Å². The van der Waals surface area contributed by atoms with Crippen LogP contribution in [0.1, 0.15) is 12.8 Å². The molecule has 0 N–H and O–H groups in total. The summed E-state index contributed by atoms with van der Waals surface area (Å²) >= 11 is 0. The highest BCUT2D eigenvalue weighted by atomic mass is 16.7. The third kappa shape index (κ3) is 1.59. The maximum Gasteiger partial charge on any atom is 0.275 e. The molecule has 1 atom stereocenters. The summed E-state index contributed by atoms with van der Waals surface area (Å²) in [5.74, 6) is -0.0504. The van der Waals surface area contributed by atoms with Gasteiger partial charge in [-0.05, 0) is 18.4 Å². The molecule has 4 heteroatoms. The second-order valence-corrected chi connectivity index (χ2v) is 3.30. The zero-order valence-electron chi connectivity index (χ0n) is 7.66. The van der Waals surface area contributed by atoms with Crippen LogP contribution in [0.5, 0.6) is 0 Å². The zero-order valence-corrected chi connectivity index (χ0v) is 7.66. The van der Waals surface area contributed by atoms with Crippen molar-refractivity contribution in [1.29, 1.82) is 0 Å². The first-order valence-corrected chi connectivity index (χ1v) is 4.46. The third-order valence-corrected chi connectivity index (χ3v) is 2.48. The Balaban J connectivity index is 2.18. The molecule has 1 unspecified atom stereocenters. The number of hydrogen-bond donors (Lipinski definition) is 0. The summed E-state index contributed by atoms with van der Waals surface area (Å²) in [6.45, 7) is 1.12. The molecule has 72 valence electrons. The number of ether oxygens (including phenoxy) is 1. The molecule has 0 spiro atoms. The molecule has 13 heavy (non-hydrogen) atoms. The van der Waals surface area contributed by atoms with E-state index in [0.717, 1.165) is 12.8 Å². The molecular formula is C9H13NO3. The van der Waals surface area contributed by atoms with E-state index in [2.05, 4.69) is 0 Å². The highest BCUT2D eigenvalue weighted by Crippen LogP contribution is 2.21. The van der Waals surface area contributed by atoms with E-state index in [0.29, 0.717) is 13.2 Å². The van der Waals surface area contributed by atoms with Crippen LogP contribution in [0.2, 0.25) is 0 Å². The fraction of sp³-hybridized carbons (Fsp3) is 0.667. The lowest BCUT2D eigenvalue weighted by Gasteiger charge is -2.25. The van der Waals surface area contributed by atoms with Crippen molar-refractivity contribution in [2.24, 2.45) is 0 Å². The maximum absolute atomic E-state index is 11.6. The molecule has 0 radical (unpaired) electrons. The minimum atomic E-state index is -0.330. The number of fused-ring (bicyclic) bond motifs is 2. The predicted octanol–water partition coefficient (Wildman–Crippen LogP) is 0.495. The van der Waals surface area contributed by atoms with Gasteiger partial charge >= 0.3 is 0 Å². The highest BCUT2D eigenvalue weighted by Gasteiger charge is 2.30. The van der Waals surface area contributed by atoms with Gasteiger partial charge in [-0.1, -0.05) is 6.08 Å².